The summed E-state index contributed by atoms with van der Waals surface area (Å²) >= 11 is 0. The van der Waals surface area contributed by atoms with Gasteiger partial charge in [-0.05, 0) is 25.5 Å². The Labute approximate surface area is 106 Å². The first-order valence-electron chi connectivity index (χ1n) is 6.30. The van der Waals surface area contributed by atoms with Crippen molar-refractivity contribution in [1.82, 2.24) is 10.3 Å². The molecule has 5 heteroatoms. The normalized spacial score (nSPS) is 30.2. The first-order chi connectivity index (χ1) is 8.71. The van der Waals surface area contributed by atoms with Gasteiger partial charge in [-0.1, -0.05) is 6.07 Å². The van der Waals surface area contributed by atoms with Crippen LogP contribution in [-0.4, -0.2) is 36.2 Å². The van der Waals surface area contributed by atoms with Gasteiger partial charge in [0.1, 0.15) is 5.82 Å². The molecule has 1 amide bonds. The molecule has 0 bridgehead atoms. The molecule has 0 unspecified atom stereocenters. The van der Waals surface area contributed by atoms with Gasteiger partial charge in [-0.3, -0.25) is 4.79 Å². The zero-order valence-corrected chi connectivity index (χ0v) is 10.4. The smallest absolute Gasteiger partial charge is 0.259 e. The highest BCUT2D eigenvalue weighted by molar-refractivity contribution is 5.97. The van der Waals surface area contributed by atoms with Crippen molar-refractivity contribution >= 4 is 11.7 Å². The Bertz CT molecular complexity index is 465. The molecule has 3 rings (SSSR count). The number of fused-ring (bicyclic) bond motifs is 1. The Morgan fingerprint density at radius 1 is 1.61 bits per heavy atom. The lowest BCUT2D eigenvalue weighted by molar-refractivity contribution is -0.135. The number of anilines is 1. The molecule has 96 valence electrons. The van der Waals surface area contributed by atoms with Gasteiger partial charge in [-0.15, -0.1) is 0 Å². The molecule has 2 atom stereocenters. The van der Waals surface area contributed by atoms with Crippen LogP contribution in [0.2, 0.25) is 0 Å². The molecule has 0 aromatic carbocycles. The Hall–Kier alpha value is -1.46. The van der Waals surface area contributed by atoms with Gasteiger partial charge in [-0.25, -0.2) is 4.98 Å². The number of carbonyl (C=O) groups excluding carboxylic acids is 1. The summed E-state index contributed by atoms with van der Waals surface area (Å²) < 4.78 is 5.73. The Balaban J connectivity index is 1.79. The second kappa shape index (κ2) is 4.33. The maximum atomic E-state index is 12.4. The minimum absolute atomic E-state index is 0.0758. The molecule has 0 spiro atoms. The van der Waals surface area contributed by atoms with Crippen LogP contribution in [-0.2, 0) is 9.53 Å². The molecule has 0 aliphatic carbocycles. The van der Waals surface area contributed by atoms with E-state index in [1.165, 1.54) is 0 Å². The van der Waals surface area contributed by atoms with Gasteiger partial charge >= 0.3 is 0 Å². The van der Waals surface area contributed by atoms with Gasteiger partial charge in [-0.2, -0.15) is 0 Å². The molecular weight excluding hydrogens is 230 g/mol. The highest BCUT2D eigenvalue weighted by Gasteiger charge is 2.53. The van der Waals surface area contributed by atoms with Crippen LogP contribution < -0.4 is 10.6 Å². The first kappa shape index (κ1) is 11.6. The van der Waals surface area contributed by atoms with Gasteiger partial charge in [0.15, 0.2) is 5.60 Å². The largest absolute Gasteiger partial charge is 0.363 e. The minimum Gasteiger partial charge on any atom is -0.363 e. The van der Waals surface area contributed by atoms with Crippen LogP contribution in [0.3, 0.4) is 0 Å². The maximum absolute atomic E-state index is 12.4. The van der Waals surface area contributed by atoms with E-state index in [0.717, 1.165) is 18.7 Å². The lowest BCUT2D eigenvalue weighted by Gasteiger charge is -2.25. The molecule has 2 fully saturated rings. The molecule has 1 aromatic heterocycles. The van der Waals surface area contributed by atoms with Crippen molar-refractivity contribution in [3.8, 4) is 0 Å². The second-order valence-corrected chi connectivity index (χ2v) is 4.97. The van der Waals surface area contributed by atoms with E-state index >= 15 is 0 Å². The molecular formula is C13H17N3O2. The third-order valence-electron chi connectivity index (χ3n) is 3.78. The summed E-state index contributed by atoms with van der Waals surface area (Å²) in [5, 5.41) is 6.11. The quantitative estimate of drug-likeness (QED) is 0.808. The lowest BCUT2D eigenvalue weighted by atomic mass is 9.90. The van der Waals surface area contributed by atoms with Crippen LogP contribution >= 0.6 is 0 Å². The van der Waals surface area contributed by atoms with Crippen LogP contribution in [0.5, 0.6) is 0 Å². The average molecular weight is 247 g/mol. The second-order valence-electron chi connectivity index (χ2n) is 4.97. The summed E-state index contributed by atoms with van der Waals surface area (Å²) in [7, 11) is 0. The molecule has 0 radical (unpaired) electrons. The highest BCUT2D eigenvalue weighted by atomic mass is 16.5. The zero-order chi connectivity index (χ0) is 12.6. The summed E-state index contributed by atoms with van der Waals surface area (Å²) in [5.74, 6) is 0.797. The number of aromatic nitrogens is 1. The summed E-state index contributed by atoms with van der Waals surface area (Å²) in [4.78, 5) is 16.7. The minimum atomic E-state index is -0.689. The summed E-state index contributed by atoms with van der Waals surface area (Å²) in [6.07, 6.45) is 0.946. The van der Waals surface area contributed by atoms with Gasteiger partial charge in [0.25, 0.3) is 5.91 Å². The van der Waals surface area contributed by atoms with Crippen molar-refractivity contribution in [1.29, 1.82) is 0 Å². The average Bonchev–Trinajstić information content (AvgIpc) is 2.87. The highest BCUT2D eigenvalue weighted by Crippen LogP contribution is 2.36. The van der Waals surface area contributed by atoms with Gasteiger partial charge in [0.2, 0.25) is 0 Å². The van der Waals surface area contributed by atoms with Crippen molar-refractivity contribution in [2.24, 2.45) is 5.92 Å². The van der Waals surface area contributed by atoms with E-state index < -0.39 is 5.60 Å². The van der Waals surface area contributed by atoms with Crippen molar-refractivity contribution < 1.29 is 9.53 Å². The molecule has 3 heterocycles. The fraction of sp³-hybridized carbons (Fsp3) is 0.538. The van der Waals surface area contributed by atoms with E-state index in [-0.39, 0.29) is 11.8 Å². The van der Waals surface area contributed by atoms with E-state index in [1.807, 2.05) is 19.1 Å². The van der Waals surface area contributed by atoms with E-state index in [9.17, 15) is 4.79 Å². The fourth-order valence-electron chi connectivity index (χ4n) is 2.79. The van der Waals surface area contributed by atoms with Gasteiger partial charge in [0, 0.05) is 31.3 Å². The van der Waals surface area contributed by atoms with E-state index in [2.05, 4.69) is 15.6 Å². The molecule has 2 aliphatic rings. The third-order valence-corrected chi connectivity index (χ3v) is 3.78. The van der Waals surface area contributed by atoms with Crippen LogP contribution in [0, 0.1) is 12.8 Å². The fourth-order valence-corrected chi connectivity index (χ4v) is 2.79. The third kappa shape index (κ3) is 1.79. The number of ether oxygens (including phenoxy) is 1. The van der Waals surface area contributed by atoms with Crippen LogP contribution in [0.4, 0.5) is 5.82 Å². The number of nitrogens with one attached hydrogen (secondary N) is 2. The SMILES string of the molecule is Cc1cccc(NC(=O)[C@]23CNC[C@H]2CCO3)n1. The van der Waals surface area contributed by atoms with E-state index in [0.29, 0.717) is 19.0 Å². The maximum Gasteiger partial charge on any atom is 0.259 e. The van der Waals surface area contributed by atoms with Gasteiger partial charge < -0.3 is 15.4 Å². The van der Waals surface area contributed by atoms with E-state index in [1.54, 1.807) is 6.07 Å². The number of hydrogen-bond donors (Lipinski definition) is 2. The monoisotopic (exact) mass is 247 g/mol. The van der Waals surface area contributed by atoms with Crippen molar-refractivity contribution in [3.63, 3.8) is 0 Å². The number of amides is 1. The standard InChI is InChI=1S/C13H17N3O2/c1-9-3-2-4-11(15-9)16-12(17)13-8-14-7-10(13)5-6-18-13/h2-4,10,14H,5-8H2,1H3,(H,15,16,17)/t10-,13+/m1/s1. The van der Waals surface area contributed by atoms with Gasteiger partial charge in [0.05, 0.1) is 0 Å². The van der Waals surface area contributed by atoms with Crippen LogP contribution in [0.1, 0.15) is 12.1 Å². The summed E-state index contributed by atoms with van der Waals surface area (Å²) in [6, 6.07) is 5.59. The molecule has 2 saturated heterocycles. The van der Waals surface area contributed by atoms with Crippen LogP contribution in [0.25, 0.3) is 0 Å². The number of nitrogens with zero attached hydrogens (tertiary/aromatic N) is 1. The van der Waals surface area contributed by atoms with Crippen molar-refractivity contribution in [2.45, 2.75) is 18.9 Å². The number of rotatable bonds is 2. The molecule has 2 N–H and O–H groups in total. The topological polar surface area (TPSA) is 63.2 Å². The summed E-state index contributed by atoms with van der Waals surface area (Å²) in [6.45, 7) is 4.02. The lowest BCUT2D eigenvalue weighted by Crippen LogP contribution is -2.48. The Morgan fingerprint density at radius 2 is 2.50 bits per heavy atom. The molecule has 1 aromatic rings. The predicted molar refractivity (Wildman–Crippen MR) is 67.3 cm³/mol. The number of pyridine rings is 1. The predicted octanol–water partition coefficient (Wildman–Crippen LogP) is 0.707. The Morgan fingerprint density at radius 3 is 3.33 bits per heavy atom. The number of carbonyl (C=O) groups is 1. The summed E-state index contributed by atoms with van der Waals surface area (Å²) in [5.41, 5.74) is 0.199. The number of aryl methyl sites for hydroxylation is 1. The first-order valence-corrected chi connectivity index (χ1v) is 6.30. The van der Waals surface area contributed by atoms with E-state index in [4.69, 9.17) is 4.74 Å². The number of hydrogen-bond acceptors (Lipinski definition) is 4. The molecule has 5 nitrogen and oxygen atoms in total. The van der Waals surface area contributed by atoms with Crippen LogP contribution in [0.15, 0.2) is 18.2 Å². The Kier molecular flexibility index (Phi) is 2.80. The molecule has 18 heavy (non-hydrogen) atoms. The molecule has 2 aliphatic heterocycles. The zero-order valence-electron chi connectivity index (χ0n) is 10.4. The molecule has 0 saturated carbocycles. The van der Waals surface area contributed by atoms with Crippen molar-refractivity contribution in [2.75, 3.05) is 25.0 Å². The van der Waals surface area contributed by atoms with Crippen molar-refractivity contribution in [3.05, 3.63) is 23.9 Å².